The van der Waals surface area contributed by atoms with Crippen LogP contribution in [0.15, 0.2) is 0 Å². The van der Waals surface area contributed by atoms with E-state index in [0.29, 0.717) is 5.41 Å². The van der Waals surface area contributed by atoms with E-state index in [9.17, 15) is 0 Å². The molecular formula is C10H23BrOSi. The Labute approximate surface area is 92.5 Å². The summed E-state index contributed by atoms with van der Waals surface area (Å²) >= 11 is 3.41. The van der Waals surface area contributed by atoms with Gasteiger partial charge in [0.05, 0.1) is 0 Å². The van der Waals surface area contributed by atoms with E-state index in [1.807, 2.05) is 0 Å². The standard InChI is InChI=1S/C10H23BrOSi/c1-10(2,3)9-13(4,5)12-8-6-7-11/h6-9H2,1-5H3. The first-order valence-corrected chi connectivity index (χ1v) is 9.20. The molecule has 0 N–H and O–H groups in total. The van der Waals surface area contributed by atoms with Crippen molar-refractivity contribution in [3.8, 4) is 0 Å². The Morgan fingerprint density at radius 3 is 2.15 bits per heavy atom. The minimum absolute atomic E-state index is 0.407. The summed E-state index contributed by atoms with van der Waals surface area (Å²) in [7, 11) is -1.40. The van der Waals surface area contributed by atoms with Gasteiger partial charge in [-0.3, -0.25) is 0 Å². The SMILES string of the molecule is CC(C)(C)C[Si](C)(C)OCCCBr. The predicted molar refractivity (Wildman–Crippen MR) is 66.1 cm³/mol. The summed E-state index contributed by atoms with van der Waals surface area (Å²) in [5.41, 5.74) is 0.407. The van der Waals surface area contributed by atoms with E-state index in [0.717, 1.165) is 18.4 Å². The van der Waals surface area contributed by atoms with Crippen molar-refractivity contribution in [3.63, 3.8) is 0 Å². The van der Waals surface area contributed by atoms with Crippen LogP contribution in [0.5, 0.6) is 0 Å². The number of hydrogen-bond acceptors (Lipinski definition) is 1. The molecule has 0 unspecified atom stereocenters. The lowest BCUT2D eigenvalue weighted by Gasteiger charge is -2.30. The van der Waals surface area contributed by atoms with Crippen LogP contribution in [0.2, 0.25) is 19.1 Å². The Bertz CT molecular complexity index is 140. The van der Waals surface area contributed by atoms with Crippen LogP contribution in [0.4, 0.5) is 0 Å². The molecule has 13 heavy (non-hydrogen) atoms. The van der Waals surface area contributed by atoms with Gasteiger partial charge in [-0.15, -0.1) is 0 Å². The molecule has 0 rings (SSSR count). The Morgan fingerprint density at radius 1 is 1.23 bits per heavy atom. The Kier molecular flexibility index (Phi) is 5.80. The topological polar surface area (TPSA) is 9.23 Å². The predicted octanol–water partition coefficient (Wildman–Crippen LogP) is 4.04. The minimum atomic E-state index is -1.40. The van der Waals surface area contributed by atoms with Crippen molar-refractivity contribution in [1.29, 1.82) is 0 Å². The van der Waals surface area contributed by atoms with Crippen molar-refractivity contribution in [1.82, 2.24) is 0 Å². The fourth-order valence-corrected chi connectivity index (χ4v) is 5.31. The van der Waals surface area contributed by atoms with E-state index in [-0.39, 0.29) is 0 Å². The molecule has 0 amide bonds. The molecule has 0 radical (unpaired) electrons. The highest BCUT2D eigenvalue weighted by atomic mass is 79.9. The molecule has 0 saturated carbocycles. The van der Waals surface area contributed by atoms with Gasteiger partial charge in [-0.05, 0) is 31.0 Å². The van der Waals surface area contributed by atoms with Gasteiger partial charge in [-0.25, -0.2) is 0 Å². The summed E-state index contributed by atoms with van der Waals surface area (Å²) < 4.78 is 5.95. The maximum Gasteiger partial charge on any atom is 0.187 e. The lowest BCUT2D eigenvalue weighted by molar-refractivity contribution is 0.293. The number of rotatable bonds is 5. The third-order valence-corrected chi connectivity index (χ3v) is 5.19. The maximum absolute atomic E-state index is 5.95. The molecule has 0 aliphatic heterocycles. The molecule has 80 valence electrons. The molecule has 0 aliphatic rings. The summed E-state index contributed by atoms with van der Waals surface area (Å²) in [4.78, 5) is 0. The average molecular weight is 267 g/mol. The zero-order valence-corrected chi connectivity index (χ0v) is 12.2. The van der Waals surface area contributed by atoms with E-state index in [4.69, 9.17) is 4.43 Å². The molecule has 1 nitrogen and oxygen atoms in total. The summed E-state index contributed by atoms with van der Waals surface area (Å²) in [6.07, 6.45) is 1.13. The van der Waals surface area contributed by atoms with E-state index >= 15 is 0 Å². The molecular weight excluding hydrogens is 244 g/mol. The van der Waals surface area contributed by atoms with Crippen LogP contribution in [0.1, 0.15) is 27.2 Å². The summed E-state index contributed by atoms with van der Waals surface area (Å²) in [5, 5.41) is 1.05. The normalized spacial score (nSPS) is 13.4. The van der Waals surface area contributed by atoms with Gasteiger partial charge in [0.15, 0.2) is 8.32 Å². The quantitative estimate of drug-likeness (QED) is 0.415. The second-order valence-corrected chi connectivity index (χ2v) is 10.3. The monoisotopic (exact) mass is 266 g/mol. The molecule has 0 fully saturated rings. The van der Waals surface area contributed by atoms with Crippen molar-refractivity contribution in [3.05, 3.63) is 0 Å². The largest absolute Gasteiger partial charge is 0.417 e. The number of hydrogen-bond donors (Lipinski definition) is 0. The van der Waals surface area contributed by atoms with Crippen molar-refractivity contribution in [2.24, 2.45) is 5.41 Å². The van der Waals surface area contributed by atoms with E-state index in [1.165, 1.54) is 6.04 Å². The first-order chi connectivity index (χ1) is 5.77. The van der Waals surface area contributed by atoms with Gasteiger partial charge in [0.25, 0.3) is 0 Å². The van der Waals surface area contributed by atoms with E-state index in [1.54, 1.807) is 0 Å². The van der Waals surface area contributed by atoms with Crippen molar-refractivity contribution in [2.75, 3.05) is 11.9 Å². The van der Waals surface area contributed by atoms with Gasteiger partial charge in [-0.1, -0.05) is 36.7 Å². The second-order valence-electron chi connectivity index (χ2n) is 5.39. The van der Waals surface area contributed by atoms with Gasteiger partial charge in [0.2, 0.25) is 0 Å². The van der Waals surface area contributed by atoms with Crippen LogP contribution in [-0.2, 0) is 4.43 Å². The van der Waals surface area contributed by atoms with Crippen molar-refractivity contribution in [2.45, 2.75) is 46.3 Å². The third kappa shape index (κ3) is 8.97. The van der Waals surface area contributed by atoms with Crippen molar-refractivity contribution >= 4 is 24.2 Å². The van der Waals surface area contributed by atoms with Crippen LogP contribution in [0.3, 0.4) is 0 Å². The van der Waals surface area contributed by atoms with Crippen LogP contribution in [0.25, 0.3) is 0 Å². The second kappa shape index (κ2) is 5.52. The smallest absolute Gasteiger partial charge is 0.187 e. The van der Waals surface area contributed by atoms with Crippen molar-refractivity contribution < 1.29 is 4.43 Å². The Balaban J connectivity index is 3.80. The van der Waals surface area contributed by atoms with E-state index < -0.39 is 8.32 Å². The highest BCUT2D eigenvalue weighted by molar-refractivity contribution is 9.09. The summed E-state index contributed by atoms with van der Waals surface area (Å²) in [5.74, 6) is 0. The van der Waals surface area contributed by atoms with Crippen LogP contribution in [0, 0.1) is 5.41 Å². The van der Waals surface area contributed by atoms with Crippen LogP contribution in [-0.4, -0.2) is 20.3 Å². The van der Waals surface area contributed by atoms with Gasteiger partial charge in [0.1, 0.15) is 0 Å². The van der Waals surface area contributed by atoms with Gasteiger partial charge < -0.3 is 4.43 Å². The minimum Gasteiger partial charge on any atom is -0.417 e. The Hall–Kier alpha value is 0.657. The third-order valence-electron chi connectivity index (χ3n) is 1.73. The van der Waals surface area contributed by atoms with Crippen LogP contribution >= 0.6 is 15.9 Å². The fraction of sp³-hybridized carbons (Fsp3) is 1.00. The molecule has 0 spiro atoms. The highest BCUT2D eigenvalue weighted by Gasteiger charge is 2.28. The lowest BCUT2D eigenvalue weighted by Crippen LogP contribution is -2.35. The molecule has 0 aromatic carbocycles. The lowest BCUT2D eigenvalue weighted by atomic mass is 10.0. The zero-order valence-electron chi connectivity index (χ0n) is 9.61. The van der Waals surface area contributed by atoms with Gasteiger partial charge >= 0.3 is 0 Å². The molecule has 0 aromatic heterocycles. The van der Waals surface area contributed by atoms with Crippen LogP contribution < -0.4 is 0 Å². The number of halogens is 1. The first-order valence-electron chi connectivity index (χ1n) is 4.97. The van der Waals surface area contributed by atoms with E-state index in [2.05, 4.69) is 49.8 Å². The molecule has 0 aliphatic carbocycles. The molecule has 0 aromatic rings. The molecule has 3 heteroatoms. The van der Waals surface area contributed by atoms with Gasteiger partial charge in [-0.2, -0.15) is 0 Å². The average Bonchev–Trinajstić information content (AvgIpc) is 1.81. The fourth-order valence-electron chi connectivity index (χ4n) is 1.73. The molecule has 0 saturated heterocycles. The first kappa shape index (κ1) is 13.7. The summed E-state index contributed by atoms with van der Waals surface area (Å²) in [6.45, 7) is 12.4. The van der Waals surface area contributed by atoms with Gasteiger partial charge in [0, 0.05) is 11.9 Å². The molecule has 0 atom stereocenters. The summed E-state index contributed by atoms with van der Waals surface area (Å²) in [6, 6.07) is 1.24. The molecule has 0 heterocycles. The Morgan fingerprint density at radius 2 is 1.77 bits per heavy atom. The number of alkyl halides is 1. The zero-order chi connectivity index (χ0) is 10.5. The highest BCUT2D eigenvalue weighted by Crippen LogP contribution is 2.28. The molecule has 0 bridgehead atoms. The maximum atomic E-state index is 5.95.